The molecule has 3 amide bonds. The first-order valence-corrected chi connectivity index (χ1v) is 11.3. The molecule has 0 spiro atoms. The fourth-order valence-electron chi connectivity index (χ4n) is 3.48. The number of carbonyl (C=O) groups is 3. The van der Waals surface area contributed by atoms with E-state index in [-0.39, 0.29) is 21.8 Å². The Morgan fingerprint density at radius 1 is 1.06 bits per heavy atom. The van der Waals surface area contributed by atoms with Gasteiger partial charge in [-0.05, 0) is 63.6 Å². The van der Waals surface area contributed by atoms with Crippen molar-refractivity contribution in [2.45, 2.75) is 0 Å². The van der Waals surface area contributed by atoms with E-state index in [9.17, 15) is 18.8 Å². The van der Waals surface area contributed by atoms with E-state index in [1.54, 1.807) is 4.90 Å². The van der Waals surface area contributed by atoms with Crippen molar-refractivity contribution in [2.75, 3.05) is 37.6 Å². The predicted octanol–water partition coefficient (Wildman–Crippen LogP) is 3.97. The number of imide groups is 1. The van der Waals surface area contributed by atoms with Crippen LogP contribution in [0.5, 0.6) is 0 Å². The average molecular weight is 504 g/mol. The molecule has 31 heavy (non-hydrogen) atoms. The number of carbonyl (C=O) groups excluding carboxylic acids is 3. The minimum absolute atomic E-state index is 0.213. The zero-order valence-corrected chi connectivity index (χ0v) is 18.9. The highest BCUT2D eigenvalue weighted by Gasteiger charge is 2.37. The second-order valence-corrected chi connectivity index (χ2v) is 8.99. The number of thioether (sulfide) groups is 1. The van der Waals surface area contributed by atoms with E-state index in [0.29, 0.717) is 31.7 Å². The normalized spacial score (nSPS) is 18.3. The Hall–Kier alpha value is -2.65. The molecule has 0 atom stereocenters. The van der Waals surface area contributed by atoms with Gasteiger partial charge in [0.2, 0.25) is 5.91 Å². The van der Waals surface area contributed by atoms with Gasteiger partial charge in [-0.2, -0.15) is 0 Å². The van der Waals surface area contributed by atoms with Crippen LogP contribution < -0.4 is 4.90 Å². The molecule has 0 saturated carbocycles. The highest BCUT2D eigenvalue weighted by atomic mass is 79.9. The van der Waals surface area contributed by atoms with Gasteiger partial charge >= 0.3 is 0 Å². The highest BCUT2D eigenvalue weighted by Crippen LogP contribution is 2.32. The fraction of sp³-hybridized carbons (Fsp3) is 0.227. The van der Waals surface area contributed by atoms with Crippen LogP contribution in [-0.4, -0.2) is 59.6 Å². The van der Waals surface area contributed by atoms with Crippen molar-refractivity contribution in [1.29, 1.82) is 0 Å². The second kappa shape index (κ2) is 9.23. The number of halogens is 2. The second-order valence-electron chi connectivity index (χ2n) is 7.14. The molecular formula is C22H19BrFN3O3S. The number of hydrogen-bond donors (Lipinski definition) is 0. The van der Waals surface area contributed by atoms with Crippen molar-refractivity contribution in [2.24, 2.45) is 0 Å². The first-order chi connectivity index (χ1) is 14.9. The van der Waals surface area contributed by atoms with Gasteiger partial charge < -0.3 is 9.80 Å². The van der Waals surface area contributed by atoms with Gasteiger partial charge in [0.15, 0.2) is 0 Å². The van der Waals surface area contributed by atoms with Crippen LogP contribution in [0.25, 0.3) is 6.08 Å². The van der Waals surface area contributed by atoms with E-state index in [0.717, 1.165) is 22.3 Å². The lowest BCUT2D eigenvalue weighted by Crippen LogP contribution is -2.51. The Balaban J connectivity index is 1.37. The van der Waals surface area contributed by atoms with Crippen LogP contribution in [0.15, 0.2) is 57.9 Å². The van der Waals surface area contributed by atoms with E-state index in [1.807, 2.05) is 30.3 Å². The van der Waals surface area contributed by atoms with Crippen LogP contribution in [0, 0.1) is 5.82 Å². The Bertz CT molecular complexity index is 1060. The molecule has 0 N–H and O–H groups in total. The summed E-state index contributed by atoms with van der Waals surface area (Å²) in [6, 6.07) is 14.3. The minimum Gasteiger partial charge on any atom is -0.368 e. The molecule has 2 heterocycles. The molecule has 2 aliphatic rings. The van der Waals surface area contributed by atoms with E-state index in [4.69, 9.17) is 0 Å². The maximum Gasteiger partial charge on any atom is 0.294 e. The van der Waals surface area contributed by atoms with Gasteiger partial charge in [-0.3, -0.25) is 19.3 Å². The molecule has 2 aromatic carbocycles. The van der Waals surface area contributed by atoms with Crippen molar-refractivity contribution < 1.29 is 18.8 Å². The summed E-state index contributed by atoms with van der Waals surface area (Å²) in [5.41, 5.74) is 1.69. The summed E-state index contributed by atoms with van der Waals surface area (Å²) in [7, 11) is 0. The molecule has 2 saturated heterocycles. The lowest BCUT2D eigenvalue weighted by atomic mass is 10.2. The van der Waals surface area contributed by atoms with Crippen LogP contribution in [0.3, 0.4) is 0 Å². The summed E-state index contributed by atoms with van der Waals surface area (Å²) < 4.78 is 13.7. The minimum atomic E-state index is -0.508. The monoisotopic (exact) mass is 503 g/mol. The Kier molecular flexibility index (Phi) is 6.43. The first kappa shape index (κ1) is 21.6. The van der Waals surface area contributed by atoms with Gasteiger partial charge in [0.25, 0.3) is 11.1 Å². The predicted molar refractivity (Wildman–Crippen MR) is 122 cm³/mol. The third-order valence-corrected chi connectivity index (χ3v) is 6.68. The molecule has 2 aromatic rings. The third-order valence-electron chi connectivity index (χ3n) is 5.16. The number of anilines is 1. The molecule has 160 valence electrons. The molecule has 2 aliphatic heterocycles. The maximum atomic E-state index is 13.4. The molecule has 2 fully saturated rings. The molecule has 0 aliphatic carbocycles. The Labute approximate surface area is 191 Å². The summed E-state index contributed by atoms with van der Waals surface area (Å²) in [5, 5.41) is -0.478. The zero-order chi connectivity index (χ0) is 22.0. The smallest absolute Gasteiger partial charge is 0.294 e. The lowest BCUT2D eigenvalue weighted by molar-refractivity contribution is -0.136. The van der Waals surface area contributed by atoms with Crippen LogP contribution in [0.1, 0.15) is 5.56 Å². The van der Waals surface area contributed by atoms with Gasteiger partial charge in [0, 0.05) is 31.9 Å². The van der Waals surface area contributed by atoms with Crippen LogP contribution in [0.2, 0.25) is 0 Å². The highest BCUT2D eigenvalue weighted by molar-refractivity contribution is 9.10. The molecule has 4 rings (SSSR count). The number of para-hydroxylation sites is 1. The molecule has 0 unspecified atom stereocenters. The van der Waals surface area contributed by atoms with Crippen molar-refractivity contribution in [3.8, 4) is 0 Å². The molecule has 6 nitrogen and oxygen atoms in total. The van der Waals surface area contributed by atoms with Gasteiger partial charge in [0.1, 0.15) is 12.4 Å². The number of piperazine rings is 1. The maximum absolute atomic E-state index is 13.4. The zero-order valence-electron chi connectivity index (χ0n) is 16.5. The molecule has 9 heteroatoms. The standard InChI is InChI=1S/C22H19BrFN3O3S/c23-17-12-15(6-7-18(17)24)13-19-21(29)27(22(30)31-19)14-20(28)26-10-8-25(9-11-26)16-4-2-1-3-5-16/h1-7,12-13H,8-11,14H2/b19-13+. The van der Waals surface area contributed by atoms with Crippen molar-refractivity contribution in [1.82, 2.24) is 9.80 Å². The van der Waals surface area contributed by atoms with Crippen molar-refractivity contribution in [3.05, 3.63) is 69.3 Å². The van der Waals surface area contributed by atoms with E-state index >= 15 is 0 Å². The van der Waals surface area contributed by atoms with Gasteiger partial charge in [-0.25, -0.2) is 4.39 Å². The summed E-state index contributed by atoms with van der Waals surface area (Å²) in [4.78, 5) is 42.8. The quantitative estimate of drug-likeness (QED) is 0.590. The first-order valence-electron chi connectivity index (χ1n) is 9.70. The summed E-state index contributed by atoms with van der Waals surface area (Å²) in [6.07, 6.45) is 1.53. The topological polar surface area (TPSA) is 60.9 Å². The fourth-order valence-corrected chi connectivity index (χ4v) is 4.71. The van der Waals surface area contributed by atoms with Crippen molar-refractivity contribution in [3.63, 3.8) is 0 Å². The van der Waals surface area contributed by atoms with Crippen LogP contribution in [-0.2, 0) is 9.59 Å². The van der Waals surface area contributed by atoms with Gasteiger partial charge in [-0.1, -0.05) is 24.3 Å². The lowest BCUT2D eigenvalue weighted by Gasteiger charge is -2.36. The number of nitrogens with zero attached hydrogens (tertiary/aromatic N) is 3. The van der Waals surface area contributed by atoms with Crippen LogP contribution >= 0.6 is 27.7 Å². The van der Waals surface area contributed by atoms with E-state index < -0.39 is 17.0 Å². The summed E-state index contributed by atoms with van der Waals surface area (Å²) >= 11 is 3.89. The number of benzene rings is 2. The number of rotatable bonds is 4. The van der Waals surface area contributed by atoms with Gasteiger partial charge in [0.05, 0.1) is 9.38 Å². The average Bonchev–Trinajstić information content (AvgIpc) is 3.04. The Morgan fingerprint density at radius 2 is 1.77 bits per heavy atom. The SMILES string of the molecule is O=C(CN1C(=O)S/C(=C/c2ccc(F)c(Br)c2)C1=O)N1CCN(c2ccccc2)CC1. The Morgan fingerprint density at radius 3 is 2.45 bits per heavy atom. The third kappa shape index (κ3) is 4.83. The molecule has 0 radical (unpaired) electrons. The molecular weight excluding hydrogens is 485 g/mol. The molecule has 0 bridgehead atoms. The van der Waals surface area contributed by atoms with E-state index in [1.165, 1.54) is 24.3 Å². The van der Waals surface area contributed by atoms with Crippen molar-refractivity contribution >= 4 is 56.5 Å². The molecule has 0 aromatic heterocycles. The number of hydrogen-bond acceptors (Lipinski definition) is 5. The number of amides is 3. The van der Waals surface area contributed by atoms with E-state index in [2.05, 4.69) is 20.8 Å². The largest absolute Gasteiger partial charge is 0.368 e. The summed E-state index contributed by atoms with van der Waals surface area (Å²) in [5.74, 6) is -1.17. The van der Waals surface area contributed by atoms with Crippen LogP contribution in [0.4, 0.5) is 14.9 Å². The summed E-state index contributed by atoms with van der Waals surface area (Å²) in [6.45, 7) is 2.17. The van der Waals surface area contributed by atoms with Gasteiger partial charge in [-0.15, -0.1) is 0 Å².